The number of carbonyl (C=O) groups is 1. The van der Waals surface area contributed by atoms with Crippen molar-refractivity contribution in [2.24, 2.45) is 5.73 Å². The van der Waals surface area contributed by atoms with E-state index in [1.54, 1.807) is 28.8 Å². The molecular weight excluding hydrogens is 376 g/mol. The number of amidine groups is 1. The maximum absolute atomic E-state index is 12.9. The Labute approximate surface area is 164 Å². The first-order valence-corrected chi connectivity index (χ1v) is 9.29. The lowest BCUT2D eigenvalue weighted by Crippen LogP contribution is -2.39. The standard InChI is InChI=1S/C19H20N6O4/c20-15(21)11-4-6-12(7-5-11)16-22-14-17-23(16)9-10-24(17)19(29)25(18(14)28)8-2-1-3-13(26)27/h4-7H,1-3,8-10H2,(H3,20,21)(H,26,27). The van der Waals surface area contributed by atoms with Gasteiger partial charge in [-0.1, -0.05) is 24.3 Å². The van der Waals surface area contributed by atoms with Gasteiger partial charge in [0.2, 0.25) is 0 Å². The first kappa shape index (κ1) is 18.7. The smallest absolute Gasteiger partial charge is 0.332 e. The molecule has 1 aromatic carbocycles. The number of carboxylic acids is 1. The Balaban J connectivity index is 1.77. The fraction of sp³-hybridized carbons (Fsp3) is 0.316. The molecule has 0 atom stereocenters. The topological polar surface area (TPSA) is 149 Å². The van der Waals surface area contributed by atoms with E-state index >= 15 is 0 Å². The summed E-state index contributed by atoms with van der Waals surface area (Å²) in [6.45, 7) is 1.13. The molecule has 0 spiro atoms. The van der Waals surface area contributed by atoms with Crippen molar-refractivity contribution in [2.45, 2.75) is 38.9 Å². The van der Waals surface area contributed by atoms with E-state index < -0.39 is 17.2 Å². The van der Waals surface area contributed by atoms with Crippen LogP contribution in [-0.4, -0.2) is 35.6 Å². The Kier molecular flexibility index (Phi) is 4.53. The van der Waals surface area contributed by atoms with Gasteiger partial charge in [-0.3, -0.25) is 24.1 Å². The molecule has 1 aliphatic heterocycles. The summed E-state index contributed by atoms with van der Waals surface area (Å²) in [7, 11) is 0. The number of imidazole rings is 1. The van der Waals surface area contributed by atoms with Crippen LogP contribution in [-0.2, 0) is 24.4 Å². The van der Waals surface area contributed by atoms with Crippen LogP contribution in [0.3, 0.4) is 0 Å². The summed E-state index contributed by atoms with van der Waals surface area (Å²) < 4.78 is 4.56. The van der Waals surface area contributed by atoms with Gasteiger partial charge >= 0.3 is 11.7 Å². The molecule has 0 fully saturated rings. The predicted octanol–water partition coefficient (Wildman–Crippen LogP) is 0.579. The summed E-state index contributed by atoms with van der Waals surface area (Å²) in [5.41, 5.74) is 6.73. The third-order valence-corrected chi connectivity index (χ3v) is 5.13. The number of hydrogen-bond donors (Lipinski definition) is 3. The maximum atomic E-state index is 12.9. The average molecular weight is 396 g/mol. The van der Waals surface area contributed by atoms with Gasteiger partial charge in [-0.15, -0.1) is 0 Å². The molecule has 0 amide bonds. The van der Waals surface area contributed by atoms with E-state index in [1.807, 2.05) is 4.57 Å². The van der Waals surface area contributed by atoms with Gasteiger partial charge in [0, 0.05) is 37.2 Å². The molecule has 150 valence electrons. The van der Waals surface area contributed by atoms with Crippen LogP contribution in [0, 0.1) is 5.41 Å². The van der Waals surface area contributed by atoms with Crippen molar-refractivity contribution in [1.82, 2.24) is 18.7 Å². The monoisotopic (exact) mass is 396 g/mol. The van der Waals surface area contributed by atoms with Gasteiger partial charge in [0.1, 0.15) is 11.7 Å². The number of unbranched alkanes of at least 4 members (excludes halogenated alkanes) is 1. The number of nitrogens with one attached hydrogen (secondary N) is 1. The second-order valence-corrected chi connectivity index (χ2v) is 6.99. The van der Waals surface area contributed by atoms with Crippen molar-refractivity contribution in [3.05, 3.63) is 50.7 Å². The summed E-state index contributed by atoms with van der Waals surface area (Å²) in [6.07, 6.45) is 0.814. The SMILES string of the molecule is N=C(N)c1ccc(-c2nc3c(=O)n(CCCCC(=O)O)c(=O)n4c3n2CC4)cc1. The highest BCUT2D eigenvalue weighted by Gasteiger charge is 2.26. The van der Waals surface area contributed by atoms with E-state index in [9.17, 15) is 14.4 Å². The quantitative estimate of drug-likeness (QED) is 0.302. The molecule has 0 saturated heterocycles. The number of carboxylic acid groups (broad SMARTS) is 1. The van der Waals surface area contributed by atoms with Crippen LogP contribution in [0.25, 0.3) is 22.6 Å². The summed E-state index contributed by atoms with van der Waals surface area (Å²) >= 11 is 0. The molecule has 0 radical (unpaired) electrons. The molecule has 0 saturated carbocycles. The van der Waals surface area contributed by atoms with Gasteiger partial charge < -0.3 is 15.4 Å². The molecule has 0 unspecified atom stereocenters. The number of nitrogens with two attached hydrogens (primary N) is 1. The Morgan fingerprint density at radius 2 is 1.83 bits per heavy atom. The van der Waals surface area contributed by atoms with Gasteiger partial charge in [-0.2, -0.15) is 0 Å². The summed E-state index contributed by atoms with van der Waals surface area (Å²) in [5, 5.41) is 16.2. The molecular formula is C19H20N6O4. The van der Waals surface area contributed by atoms with E-state index in [0.29, 0.717) is 43.0 Å². The van der Waals surface area contributed by atoms with Crippen molar-refractivity contribution in [3.63, 3.8) is 0 Å². The van der Waals surface area contributed by atoms with Crippen molar-refractivity contribution < 1.29 is 9.90 Å². The first-order chi connectivity index (χ1) is 13.9. The molecule has 29 heavy (non-hydrogen) atoms. The molecule has 0 aliphatic carbocycles. The number of nitrogen functional groups attached to an aromatic ring is 1. The van der Waals surface area contributed by atoms with Crippen LogP contribution in [0.1, 0.15) is 24.8 Å². The highest BCUT2D eigenvalue weighted by molar-refractivity contribution is 5.95. The number of rotatable bonds is 7. The summed E-state index contributed by atoms with van der Waals surface area (Å²) in [5.74, 6) is -0.349. The number of aliphatic carboxylic acids is 1. The van der Waals surface area contributed by atoms with Gasteiger partial charge in [-0.05, 0) is 12.8 Å². The molecule has 4 rings (SSSR count). The van der Waals surface area contributed by atoms with E-state index in [1.165, 1.54) is 0 Å². The minimum Gasteiger partial charge on any atom is -0.481 e. The summed E-state index contributed by atoms with van der Waals surface area (Å²) in [4.78, 5) is 40.9. The number of benzene rings is 1. The van der Waals surface area contributed by atoms with E-state index in [4.69, 9.17) is 16.2 Å². The lowest BCUT2D eigenvalue weighted by molar-refractivity contribution is -0.137. The Bertz CT molecular complexity index is 1250. The molecule has 0 bridgehead atoms. The van der Waals surface area contributed by atoms with Crippen molar-refractivity contribution in [1.29, 1.82) is 5.41 Å². The van der Waals surface area contributed by atoms with Crippen LogP contribution >= 0.6 is 0 Å². The number of nitrogens with zero attached hydrogens (tertiary/aromatic N) is 4. The maximum Gasteiger partial charge on any atom is 0.332 e. The summed E-state index contributed by atoms with van der Waals surface area (Å²) in [6, 6.07) is 7.00. The van der Waals surface area contributed by atoms with Crippen molar-refractivity contribution in [2.75, 3.05) is 0 Å². The van der Waals surface area contributed by atoms with Gasteiger partial charge in [0.15, 0.2) is 11.2 Å². The zero-order valence-electron chi connectivity index (χ0n) is 15.6. The molecule has 3 heterocycles. The third-order valence-electron chi connectivity index (χ3n) is 5.13. The third kappa shape index (κ3) is 3.12. The van der Waals surface area contributed by atoms with Crippen LogP contribution in [0.4, 0.5) is 0 Å². The normalized spacial score (nSPS) is 12.6. The van der Waals surface area contributed by atoms with Gasteiger partial charge in [0.25, 0.3) is 5.56 Å². The predicted molar refractivity (Wildman–Crippen MR) is 106 cm³/mol. The first-order valence-electron chi connectivity index (χ1n) is 9.29. The Hall–Kier alpha value is -3.69. The minimum absolute atomic E-state index is 0.000217. The van der Waals surface area contributed by atoms with E-state index in [0.717, 1.165) is 10.1 Å². The average Bonchev–Trinajstić information content (AvgIpc) is 3.27. The second kappa shape index (κ2) is 7.04. The highest BCUT2D eigenvalue weighted by Crippen LogP contribution is 2.26. The molecule has 10 heteroatoms. The van der Waals surface area contributed by atoms with E-state index in [-0.39, 0.29) is 24.3 Å². The van der Waals surface area contributed by atoms with Crippen LogP contribution < -0.4 is 17.0 Å². The van der Waals surface area contributed by atoms with Gasteiger partial charge in [-0.25, -0.2) is 9.78 Å². The Morgan fingerprint density at radius 1 is 1.14 bits per heavy atom. The van der Waals surface area contributed by atoms with Crippen molar-refractivity contribution in [3.8, 4) is 11.4 Å². The van der Waals surface area contributed by atoms with Crippen LogP contribution in [0.15, 0.2) is 33.9 Å². The Morgan fingerprint density at radius 3 is 2.48 bits per heavy atom. The molecule has 3 aromatic rings. The number of aryl methyl sites for hydroxylation is 2. The fourth-order valence-electron chi connectivity index (χ4n) is 3.69. The van der Waals surface area contributed by atoms with Gasteiger partial charge in [0.05, 0.1) is 0 Å². The lowest BCUT2D eigenvalue weighted by Gasteiger charge is -2.07. The molecule has 10 nitrogen and oxygen atoms in total. The number of aromatic nitrogens is 4. The number of hydrogen-bond acceptors (Lipinski definition) is 5. The molecule has 2 aromatic heterocycles. The van der Waals surface area contributed by atoms with E-state index in [2.05, 4.69) is 4.98 Å². The lowest BCUT2D eigenvalue weighted by atomic mass is 10.1. The van der Waals surface area contributed by atoms with Crippen LogP contribution in [0.2, 0.25) is 0 Å². The molecule has 1 aliphatic rings. The highest BCUT2D eigenvalue weighted by atomic mass is 16.4. The zero-order chi connectivity index (χ0) is 20.7. The largest absolute Gasteiger partial charge is 0.481 e. The second-order valence-electron chi connectivity index (χ2n) is 6.99. The zero-order valence-corrected chi connectivity index (χ0v) is 15.6. The van der Waals surface area contributed by atoms with Crippen molar-refractivity contribution >= 4 is 23.0 Å². The minimum atomic E-state index is -0.901. The molecule has 4 N–H and O–H groups in total. The fourth-order valence-corrected chi connectivity index (χ4v) is 3.69. The van der Waals surface area contributed by atoms with Crippen LogP contribution in [0.5, 0.6) is 0 Å².